The molecule has 4 heteroatoms. The molecule has 0 radical (unpaired) electrons. The summed E-state index contributed by atoms with van der Waals surface area (Å²) in [4.78, 5) is 21.7. The van der Waals surface area contributed by atoms with E-state index in [4.69, 9.17) is 5.11 Å². The molecule has 102 valence electrons. The van der Waals surface area contributed by atoms with Crippen LogP contribution < -0.4 is 0 Å². The third kappa shape index (κ3) is 9.78. The largest absolute Gasteiger partial charge is 0.481 e. The average molecular weight is 254 g/mol. The third-order valence-electron chi connectivity index (χ3n) is 2.40. The van der Waals surface area contributed by atoms with Gasteiger partial charge in [-0.3, -0.25) is 9.59 Å². The SMILES string of the molecule is CC/C=C\C/C=C\CC(=O)[C@H](O)CCCC(=O)O. The van der Waals surface area contributed by atoms with Crippen molar-refractivity contribution in [2.75, 3.05) is 0 Å². The number of rotatable bonds is 10. The number of allylic oxidation sites excluding steroid dienone is 4. The van der Waals surface area contributed by atoms with Crippen LogP contribution in [0.3, 0.4) is 0 Å². The molecule has 0 fully saturated rings. The fraction of sp³-hybridized carbons (Fsp3) is 0.571. The van der Waals surface area contributed by atoms with E-state index in [1.54, 1.807) is 6.08 Å². The van der Waals surface area contributed by atoms with E-state index in [1.807, 2.05) is 18.2 Å². The Balaban J connectivity index is 3.73. The summed E-state index contributed by atoms with van der Waals surface area (Å²) in [7, 11) is 0. The Hall–Kier alpha value is -1.42. The van der Waals surface area contributed by atoms with Crippen LogP contribution in [0, 0.1) is 0 Å². The molecular formula is C14H22O4. The first kappa shape index (κ1) is 16.6. The zero-order valence-electron chi connectivity index (χ0n) is 10.8. The molecule has 0 heterocycles. The first-order valence-electron chi connectivity index (χ1n) is 6.30. The van der Waals surface area contributed by atoms with Gasteiger partial charge < -0.3 is 10.2 Å². The zero-order chi connectivity index (χ0) is 13.8. The van der Waals surface area contributed by atoms with Crippen LogP contribution >= 0.6 is 0 Å². The Kier molecular flexibility index (Phi) is 9.87. The Morgan fingerprint density at radius 3 is 2.44 bits per heavy atom. The van der Waals surface area contributed by atoms with Crippen LogP contribution in [-0.2, 0) is 9.59 Å². The highest BCUT2D eigenvalue weighted by Gasteiger charge is 2.13. The maximum absolute atomic E-state index is 11.4. The number of carboxylic acid groups (broad SMARTS) is 1. The van der Waals surface area contributed by atoms with Gasteiger partial charge in [0.1, 0.15) is 6.10 Å². The number of aliphatic carboxylic acids is 1. The minimum atomic E-state index is -1.04. The minimum absolute atomic E-state index is 0.0119. The molecule has 1 atom stereocenters. The summed E-state index contributed by atoms with van der Waals surface area (Å²) in [5.74, 6) is -1.16. The lowest BCUT2D eigenvalue weighted by atomic mass is 10.1. The smallest absolute Gasteiger partial charge is 0.303 e. The number of Topliss-reactive ketones (excluding diaryl/α,β-unsaturated/α-hetero) is 1. The minimum Gasteiger partial charge on any atom is -0.481 e. The van der Waals surface area contributed by atoms with Crippen LogP contribution in [-0.4, -0.2) is 28.1 Å². The molecule has 18 heavy (non-hydrogen) atoms. The van der Waals surface area contributed by atoms with Gasteiger partial charge in [-0.2, -0.15) is 0 Å². The van der Waals surface area contributed by atoms with Crippen molar-refractivity contribution < 1.29 is 19.8 Å². The van der Waals surface area contributed by atoms with Crippen molar-refractivity contribution in [2.24, 2.45) is 0 Å². The number of hydrogen-bond donors (Lipinski definition) is 2. The molecular weight excluding hydrogens is 232 g/mol. The van der Waals surface area contributed by atoms with Crippen LogP contribution in [0.4, 0.5) is 0 Å². The van der Waals surface area contributed by atoms with Gasteiger partial charge in [0.15, 0.2) is 5.78 Å². The third-order valence-corrected chi connectivity index (χ3v) is 2.40. The molecule has 0 unspecified atom stereocenters. The van der Waals surface area contributed by atoms with Crippen LogP contribution in [0.15, 0.2) is 24.3 Å². The first-order chi connectivity index (χ1) is 8.57. The topological polar surface area (TPSA) is 74.6 Å². The van der Waals surface area contributed by atoms with Gasteiger partial charge in [-0.1, -0.05) is 31.2 Å². The van der Waals surface area contributed by atoms with Crippen molar-refractivity contribution in [3.05, 3.63) is 24.3 Å². The Bertz CT molecular complexity index is 305. The van der Waals surface area contributed by atoms with Crippen LogP contribution in [0.5, 0.6) is 0 Å². The molecule has 0 saturated heterocycles. The average Bonchev–Trinajstić information content (AvgIpc) is 2.32. The van der Waals surface area contributed by atoms with E-state index in [1.165, 1.54) is 0 Å². The van der Waals surface area contributed by atoms with Gasteiger partial charge in [-0.15, -0.1) is 0 Å². The summed E-state index contributed by atoms with van der Waals surface area (Å²) in [5.41, 5.74) is 0. The molecule has 0 amide bonds. The molecule has 0 aliphatic rings. The van der Waals surface area contributed by atoms with Crippen molar-refractivity contribution in [2.45, 2.75) is 51.6 Å². The van der Waals surface area contributed by atoms with Gasteiger partial charge >= 0.3 is 5.97 Å². The number of carbonyl (C=O) groups is 2. The van der Waals surface area contributed by atoms with Gasteiger partial charge in [0.25, 0.3) is 0 Å². The van der Waals surface area contributed by atoms with Crippen LogP contribution in [0.2, 0.25) is 0 Å². The van der Waals surface area contributed by atoms with E-state index in [9.17, 15) is 14.7 Å². The fourth-order valence-electron chi connectivity index (χ4n) is 1.38. The second kappa shape index (κ2) is 10.7. The predicted molar refractivity (Wildman–Crippen MR) is 70.3 cm³/mol. The summed E-state index contributed by atoms with van der Waals surface area (Å²) >= 11 is 0. The van der Waals surface area contributed by atoms with Gasteiger partial charge in [0.2, 0.25) is 0 Å². The molecule has 4 nitrogen and oxygen atoms in total. The molecule has 2 N–H and O–H groups in total. The fourth-order valence-corrected chi connectivity index (χ4v) is 1.38. The van der Waals surface area contributed by atoms with E-state index in [2.05, 4.69) is 6.92 Å². The van der Waals surface area contributed by atoms with Crippen molar-refractivity contribution in [3.63, 3.8) is 0 Å². The Morgan fingerprint density at radius 2 is 1.83 bits per heavy atom. The number of aliphatic hydroxyl groups excluding tert-OH is 1. The molecule has 0 aromatic carbocycles. The Labute approximate surface area is 108 Å². The van der Waals surface area contributed by atoms with E-state index in [0.717, 1.165) is 12.8 Å². The summed E-state index contributed by atoms with van der Waals surface area (Å²) in [5, 5.41) is 17.9. The normalized spacial score (nSPS) is 13.2. The summed E-state index contributed by atoms with van der Waals surface area (Å²) in [6.07, 6.45) is 9.16. The molecule has 0 aliphatic heterocycles. The van der Waals surface area contributed by atoms with E-state index in [-0.39, 0.29) is 25.0 Å². The molecule has 0 saturated carbocycles. The van der Waals surface area contributed by atoms with Gasteiger partial charge in [0, 0.05) is 12.8 Å². The number of hydrogen-bond acceptors (Lipinski definition) is 3. The number of ketones is 1. The van der Waals surface area contributed by atoms with Crippen molar-refractivity contribution >= 4 is 11.8 Å². The second-order valence-corrected chi connectivity index (χ2v) is 4.06. The van der Waals surface area contributed by atoms with E-state index < -0.39 is 12.1 Å². The van der Waals surface area contributed by atoms with Gasteiger partial charge in [-0.05, 0) is 25.7 Å². The van der Waals surface area contributed by atoms with Gasteiger partial charge in [-0.25, -0.2) is 0 Å². The zero-order valence-corrected chi connectivity index (χ0v) is 10.8. The van der Waals surface area contributed by atoms with Crippen molar-refractivity contribution in [1.29, 1.82) is 0 Å². The molecule has 0 aromatic heterocycles. The lowest BCUT2D eigenvalue weighted by molar-refractivity contribution is -0.137. The predicted octanol–water partition coefficient (Wildman–Crippen LogP) is 2.47. The highest BCUT2D eigenvalue weighted by atomic mass is 16.4. The van der Waals surface area contributed by atoms with Crippen LogP contribution in [0.1, 0.15) is 45.4 Å². The first-order valence-corrected chi connectivity index (χ1v) is 6.30. The van der Waals surface area contributed by atoms with Crippen molar-refractivity contribution in [1.82, 2.24) is 0 Å². The summed E-state index contributed by atoms with van der Waals surface area (Å²) in [6, 6.07) is 0. The van der Waals surface area contributed by atoms with Crippen molar-refractivity contribution in [3.8, 4) is 0 Å². The van der Waals surface area contributed by atoms with E-state index >= 15 is 0 Å². The molecule has 0 aromatic rings. The number of carboxylic acids is 1. The molecule has 0 aliphatic carbocycles. The lowest BCUT2D eigenvalue weighted by Gasteiger charge is -2.06. The molecule has 0 spiro atoms. The quantitative estimate of drug-likeness (QED) is 0.587. The molecule has 0 bridgehead atoms. The monoisotopic (exact) mass is 254 g/mol. The Morgan fingerprint density at radius 1 is 1.17 bits per heavy atom. The number of aliphatic hydroxyl groups is 1. The highest BCUT2D eigenvalue weighted by molar-refractivity contribution is 5.84. The second-order valence-electron chi connectivity index (χ2n) is 4.06. The highest BCUT2D eigenvalue weighted by Crippen LogP contribution is 2.05. The maximum Gasteiger partial charge on any atom is 0.303 e. The lowest BCUT2D eigenvalue weighted by Crippen LogP contribution is -2.19. The van der Waals surface area contributed by atoms with Gasteiger partial charge in [0.05, 0.1) is 0 Å². The summed E-state index contributed by atoms with van der Waals surface area (Å²) in [6.45, 7) is 2.05. The standard InChI is InChI=1S/C14H22O4/c1-2-3-4-5-6-7-9-12(15)13(16)10-8-11-14(17)18/h3-4,6-7,13,16H,2,5,8-11H2,1H3,(H,17,18)/b4-3-,7-6-/t13-/m1/s1. The summed E-state index contributed by atoms with van der Waals surface area (Å²) < 4.78 is 0. The maximum atomic E-state index is 11.4. The van der Waals surface area contributed by atoms with E-state index in [0.29, 0.717) is 6.42 Å². The molecule has 0 rings (SSSR count). The van der Waals surface area contributed by atoms with Crippen LogP contribution in [0.25, 0.3) is 0 Å². The number of carbonyl (C=O) groups excluding carboxylic acids is 1.